The van der Waals surface area contributed by atoms with E-state index in [2.05, 4.69) is 10.8 Å². The molecule has 0 aromatic heterocycles. The van der Waals surface area contributed by atoms with Crippen molar-refractivity contribution in [2.45, 2.75) is 27.4 Å². The summed E-state index contributed by atoms with van der Waals surface area (Å²) in [4.78, 5) is 29.3. The minimum absolute atomic E-state index is 0.0367. The summed E-state index contributed by atoms with van der Waals surface area (Å²) in [5, 5.41) is 2.76. The molecule has 1 fully saturated rings. The Morgan fingerprint density at radius 3 is 2.62 bits per heavy atom. The van der Waals surface area contributed by atoms with E-state index in [9.17, 15) is 9.59 Å². The van der Waals surface area contributed by atoms with Crippen LogP contribution < -0.4 is 10.8 Å². The molecule has 5 nitrogen and oxygen atoms in total. The maximum Gasteiger partial charge on any atom is 0.256 e. The molecule has 0 saturated carbocycles. The highest BCUT2D eigenvalue weighted by Gasteiger charge is 2.45. The largest absolute Gasteiger partial charge is 0.355 e. The number of benzene rings is 1. The van der Waals surface area contributed by atoms with Crippen molar-refractivity contribution in [1.29, 1.82) is 0 Å². The monoisotopic (exact) mass is 290 g/mol. The van der Waals surface area contributed by atoms with Gasteiger partial charge in [-0.3, -0.25) is 14.4 Å². The van der Waals surface area contributed by atoms with Crippen LogP contribution in [-0.4, -0.2) is 18.4 Å². The summed E-state index contributed by atoms with van der Waals surface area (Å²) in [6.45, 7) is 6.90. The van der Waals surface area contributed by atoms with Crippen LogP contribution in [0.3, 0.4) is 0 Å². The first kappa shape index (κ1) is 15.5. The summed E-state index contributed by atoms with van der Waals surface area (Å²) < 4.78 is 0. The van der Waals surface area contributed by atoms with E-state index in [4.69, 9.17) is 4.84 Å². The number of rotatable bonds is 4. The molecule has 114 valence electrons. The Morgan fingerprint density at radius 2 is 2.00 bits per heavy atom. The van der Waals surface area contributed by atoms with Crippen LogP contribution in [0.25, 0.3) is 0 Å². The molecule has 0 bridgehead atoms. The van der Waals surface area contributed by atoms with Crippen molar-refractivity contribution >= 4 is 11.8 Å². The molecule has 2 rings (SSSR count). The fourth-order valence-corrected chi connectivity index (χ4v) is 2.56. The third kappa shape index (κ3) is 3.82. The number of carbonyl (C=O) groups is 2. The van der Waals surface area contributed by atoms with Gasteiger partial charge in [-0.1, -0.05) is 51.1 Å². The first-order valence-corrected chi connectivity index (χ1v) is 7.13. The van der Waals surface area contributed by atoms with Crippen LogP contribution in [0.1, 0.15) is 26.3 Å². The van der Waals surface area contributed by atoms with Gasteiger partial charge >= 0.3 is 0 Å². The Labute approximate surface area is 125 Å². The zero-order valence-electron chi connectivity index (χ0n) is 12.7. The van der Waals surface area contributed by atoms with Crippen LogP contribution >= 0.6 is 0 Å². The van der Waals surface area contributed by atoms with Crippen molar-refractivity contribution in [2.75, 3.05) is 6.54 Å². The lowest BCUT2D eigenvalue weighted by molar-refractivity contribution is -0.145. The maximum atomic E-state index is 12.2. The molecule has 0 aliphatic carbocycles. The highest BCUT2D eigenvalue weighted by molar-refractivity contribution is 6.01. The van der Waals surface area contributed by atoms with Gasteiger partial charge in [-0.15, -0.1) is 0 Å². The quantitative estimate of drug-likeness (QED) is 0.654. The lowest BCUT2D eigenvalue weighted by atomic mass is 9.74. The van der Waals surface area contributed by atoms with Crippen LogP contribution in [0.5, 0.6) is 0 Å². The predicted molar refractivity (Wildman–Crippen MR) is 78.8 cm³/mol. The fraction of sp³-hybridized carbons (Fsp3) is 0.500. The van der Waals surface area contributed by atoms with E-state index >= 15 is 0 Å². The summed E-state index contributed by atoms with van der Waals surface area (Å²) in [5.41, 5.74) is 3.24. The van der Waals surface area contributed by atoms with E-state index in [1.54, 1.807) is 0 Å². The maximum absolute atomic E-state index is 12.2. The second-order valence-electron chi connectivity index (χ2n) is 6.44. The van der Waals surface area contributed by atoms with E-state index in [0.29, 0.717) is 6.54 Å². The fourth-order valence-electron chi connectivity index (χ4n) is 2.56. The number of carbonyl (C=O) groups excluding carboxylic acids is 2. The molecule has 1 saturated heterocycles. The van der Waals surface area contributed by atoms with Gasteiger partial charge in [-0.2, -0.15) is 0 Å². The smallest absolute Gasteiger partial charge is 0.256 e. The SMILES string of the molecule is CC(C)(C)[C@@H]1CNC(=O)[C@H]1C(=O)NOCc1ccccc1. The van der Waals surface area contributed by atoms with E-state index in [-0.39, 0.29) is 29.8 Å². The van der Waals surface area contributed by atoms with Gasteiger partial charge in [0.15, 0.2) is 0 Å². The first-order valence-electron chi connectivity index (χ1n) is 7.13. The van der Waals surface area contributed by atoms with Gasteiger partial charge < -0.3 is 5.32 Å². The zero-order valence-corrected chi connectivity index (χ0v) is 12.7. The summed E-state index contributed by atoms with van der Waals surface area (Å²) in [6, 6.07) is 9.54. The predicted octanol–water partition coefficient (Wildman–Crippen LogP) is 1.64. The molecule has 2 atom stereocenters. The number of hydrogen-bond acceptors (Lipinski definition) is 3. The minimum atomic E-state index is -0.694. The summed E-state index contributed by atoms with van der Waals surface area (Å²) in [5.74, 6) is -1.33. The molecule has 1 aliphatic heterocycles. The molecule has 1 heterocycles. The van der Waals surface area contributed by atoms with Gasteiger partial charge in [-0.25, -0.2) is 5.48 Å². The summed E-state index contributed by atoms with van der Waals surface area (Å²) in [7, 11) is 0. The van der Waals surface area contributed by atoms with E-state index in [1.807, 2.05) is 51.1 Å². The number of amides is 2. The van der Waals surface area contributed by atoms with Crippen LogP contribution in [0.4, 0.5) is 0 Å². The topological polar surface area (TPSA) is 67.4 Å². The molecule has 2 N–H and O–H groups in total. The van der Waals surface area contributed by atoms with Crippen molar-refractivity contribution in [2.24, 2.45) is 17.3 Å². The molecular formula is C16H22N2O3. The normalized spacial score (nSPS) is 22.0. The molecule has 21 heavy (non-hydrogen) atoms. The van der Waals surface area contributed by atoms with Crippen LogP contribution in [0, 0.1) is 17.3 Å². The van der Waals surface area contributed by atoms with Gasteiger partial charge in [-0.05, 0) is 11.0 Å². The molecule has 2 amide bonds. The molecule has 0 spiro atoms. The highest BCUT2D eigenvalue weighted by atomic mass is 16.6. The van der Waals surface area contributed by atoms with Crippen molar-refractivity contribution in [1.82, 2.24) is 10.8 Å². The van der Waals surface area contributed by atoms with E-state index in [1.165, 1.54) is 0 Å². The Bertz CT molecular complexity index is 508. The van der Waals surface area contributed by atoms with Gasteiger partial charge in [0.05, 0.1) is 6.61 Å². The Morgan fingerprint density at radius 1 is 1.33 bits per heavy atom. The van der Waals surface area contributed by atoms with E-state index < -0.39 is 5.92 Å². The van der Waals surface area contributed by atoms with Gasteiger partial charge in [0.2, 0.25) is 5.91 Å². The molecule has 0 radical (unpaired) electrons. The molecule has 5 heteroatoms. The number of nitrogens with one attached hydrogen (secondary N) is 2. The number of hydroxylamine groups is 1. The Kier molecular flexibility index (Phi) is 4.63. The third-order valence-corrected chi connectivity index (χ3v) is 3.83. The highest BCUT2D eigenvalue weighted by Crippen LogP contribution is 2.35. The molecule has 0 unspecified atom stereocenters. The van der Waals surface area contributed by atoms with Crippen molar-refractivity contribution in [3.63, 3.8) is 0 Å². The van der Waals surface area contributed by atoms with E-state index in [0.717, 1.165) is 5.56 Å². The van der Waals surface area contributed by atoms with Crippen LogP contribution in [-0.2, 0) is 21.0 Å². The second kappa shape index (κ2) is 6.26. The van der Waals surface area contributed by atoms with Crippen LogP contribution in [0.15, 0.2) is 30.3 Å². The average Bonchev–Trinajstić information content (AvgIpc) is 2.82. The van der Waals surface area contributed by atoms with Crippen LogP contribution in [0.2, 0.25) is 0 Å². The molecule has 1 aromatic carbocycles. The average molecular weight is 290 g/mol. The van der Waals surface area contributed by atoms with Crippen molar-refractivity contribution in [3.8, 4) is 0 Å². The molecular weight excluding hydrogens is 268 g/mol. The third-order valence-electron chi connectivity index (χ3n) is 3.83. The van der Waals surface area contributed by atoms with Gasteiger partial charge in [0.25, 0.3) is 5.91 Å². The standard InChI is InChI=1S/C16H22N2O3/c1-16(2,3)12-9-17-14(19)13(12)15(20)18-21-10-11-7-5-4-6-8-11/h4-8,12-13H,9-10H2,1-3H3,(H,17,19)(H,18,20)/t12-,13+/m1/s1. The summed E-state index contributed by atoms with van der Waals surface area (Å²) >= 11 is 0. The number of hydrogen-bond donors (Lipinski definition) is 2. The lowest BCUT2D eigenvalue weighted by Gasteiger charge is -2.29. The lowest BCUT2D eigenvalue weighted by Crippen LogP contribution is -2.40. The van der Waals surface area contributed by atoms with Crippen molar-refractivity contribution in [3.05, 3.63) is 35.9 Å². The molecule has 1 aromatic rings. The second-order valence-corrected chi connectivity index (χ2v) is 6.44. The summed E-state index contributed by atoms with van der Waals surface area (Å²) in [6.07, 6.45) is 0. The first-order chi connectivity index (χ1) is 9.89. The van der Waals surface area contributed by atoms with Gasteiger partial charge in [0, 0.05) is 12.5 Å². The Hall–Kier alpha value is -1.88. The van der Waals surface area contributed by atoms with Gasteiger partial charge in [0.1, 0.15) is 5.92 Å². The Balaban J connectivity index is 1.91. The minimum Gasteiger partial charge on any atom is -0.355 e. The molecule has 1 aliphatic rings. The zero-order chi connectivity index (χ0) is 15.5. The van der Waals surface area contributed by atoms with Crippen molar-refractivity contribution < 1.29 is 14.4 Å².